The van der Waals surface area contributed by atoms with Crippen molar-refractivity contribution in [3.05, 3.63) is 53.3 Å². The van der Waals surface area contributed by atoms with Crippen LogP contribution >= 0.6 is 0 Å². The van der Waals surface area contributed by atoms with Gasteiger partial charge in [-0.2, -0.15) is 5.10 Å². The quantitative estimate of drug-likeness (QED) is 0.780. The second kappa shape index (κ2) is 3.96. The van der Waals surface area contributed by atoms with Crippen LogP contribution in [-0.2, 0) is 6.42 Å². The first-order chi connectivity index (χ1) is 7.27. The Labute approximate surface area is 87.1 Å². The van der Waals surface area contributed by atoms with Gasteiger partial charge < -0.3 is 5.73 Å². The van der Waals surface area contributed by atoms with Gasteiger partial charge in [-0.05, 0) is 17.2 Å². The summed E-state index contributed by atoms with van der Waals surface area (Å²) in [6, 6.07) is 7.33. The van der Waals surface area contributed by atoms with E-state index in [9.17, 15) is 4.79 Å². The normalized spacial score (nSPS) is 10.1. The Hall–Kier alpha value is -2.10. The fourth-order valence-corrected chi connectivity index (χ4v) is 1.51. The van der Waals surface area contributed by atoms with E-state index in [-0.39, 0.29) is 0 Å². The SMILES string of the molecule is NC(=O)c1ccccc1Cc1cn[nH]c1. The lowest BCUT2D eigenvalue weighted by molar-refractivity contribution is 0.0999. The smallest absolute Gasteiger partial charge is 0.248 e. The summed E-state index contributed by atoms with van der Waals surface area (Å²) in [5.41, 5.74) is 7.80. The summed E-state index contributed by atoms with van der Waals surface area (Å²) in [4.78, 5) is 11.1. The first kappa shape index (κ1) is 9.45. The molecule has 1 heterocycles. The second-order valence-corrected chi connectivity index (χ2v) is 3.30. The molecule has 0 spiro atoms. The number of benzene rings is 1. The minimum atomic E-state index is -0.394. The number of nitrogens with two attached hydrogens (primary N) is 1. The van der Waals surface area contributed by atoms with Crippen molar-refractivity contribution in [2.45, 2.75) is 6.42 Å². The molecule has 0 radical (unpaired) electrons. The van der Waals surface area contributed by atoms with Gasteiger partial charge in [-0.25, -0.2) is 0 Å². The van der Waals surface area contributed by atoms with Gasteiger partial charge in [0.2, 0.25) is 5.91 Å². The molecule has 15 heavy (non-hydrogen) atoms. The number of nitrogens with one attached hydrogen (secondary N) is 1. The number of primary amides is 1. The van der Waals surface area contributed by atoms with Crippen LogP contribution in [0.15, 0.2) is 36.7 Å². The summed E-state index contributed by atoms with van der Waals surface area (Å²) in [6.07, 6.45) is 4.20. The molecule has 2 aromatic rings. The van der Waals surface area contributed by atoms with E-state index >= 15 is 0 Å². The van der Waals surface area contributed by atoms with Crippen LogP contribution in [-0.4, -0.2) is 16.1 Å². The fourth-order valence-electron chi connectivity index (χ4n) is 1.51. The molecule has 0 aliphatic carbocycles. The lowest BCUT2D eigenvalue weighted by atomic mass is 10.0. The molecule has 0 saturated heterocycles. The van der Waals surface area contributed by atoms with E-state index in [1.165, 1.54) is 0 Å². The summed E-state index contributed by atoms with van der Waals surface area (Å²) in [7, 11) is 0. The molecular weight excluding hydrogens is 190 g/mol. The molecule has 2 rings (SSSR count). The van der Waals surface area contributed by atoms with Gasteiger partial charge in [-0.1, -0.05) is 18.2 Å². The van der Waals surface area contributed by atoms with Crippen molar-refractivity contribution in [2.75, 3.05) is 0 Å². The molecule has 3 N–H and O–H groups in total. The minimum absolute atomic E-state index is 0.394. The minimum Gasteiger partial charge on any atom is -0.366 e. The molecule has 0 aliphatic heterocycles. The van der Waals surface area contributed by atoms with Gasteiger partial charge >= 0.3 is 0 Å². The van der Waals surface area contributed by atoms with Gasteiger partial charge in [-0.15, -0.1) is 0 Å². The Morgan fingerprint density at radius 2 is 2.20 bits per heavy atom. The van der Waals surface area contributed by atoms with E-state index in [2.05, 4.69) is 10.2 Å². The summed E-state index contributed by atoms with van der Waals surface area (Å²) in [5.74, 6) is -0.394. The molecule has 4 nitrogen and oxygen atoms in total. The van der Waals surface area contributed by atoms with Crippen LogP contribution in [0.5, 0.6) is 0 Å². The van der Waals surface area contributed by atoms with E-state index in [1.807, 2.05) is 12.1 Å². The third-order valence-electron chi connectivity index (χ3n) is 2.23. The van der Waals surface area contributed by atoms with Crippen LogP contribution in [0, 0.1) is 0 Å². The maximum Gasteiger partial charge on any atom is 0.248 e. The van der Waals surface area contributed by atoms with Gasteiger partial charge in [0.15, 0.2) is 0 Å². The average Bonchev–Trinajstić information content (AvgIpc) is 2.71. The van der Waals surface area contributed by atoms with Gasteiger partial charge in [0.05, 0.1) is 6.20 Å². The Morgan fingerprint density at radius 1 is 1.40 bits per heavy atom. The molecule has 0 saturated carbocycles. The predicted octanol–water partition coefficient (Wildman–Crippen LogP) is 1.10. The summed E-state index contributed by atoms with van der Waals surface area (Å²) < 4.78 is 0. The van der Waals surface area contributed by atoms with Crippen LogP contribution in [0.4, 0.5) is 0 Å². The zero-order valence-corrected chi connectivity index (χ0v) is 8.10. The van der Waals surface area contributed by atoms with Gasteiger partial charge in [0.1, 0.15) is 0 Å². The monoisotopic (exact) mass is 201 g/mol. The van der Waals surface area contributed by atoms with Gasteiger partial charge in [0.25, 0.3) is 0 Å². The molecule has 4 heteroatoms. The number of amides is 1. The Bertz CT molecular complexity index is 462. The highest BCUT2D eigenvalue weighted by atomic mass is 16.1. The Balaban J connectivity index is 2.32. The van der Waals surface area contributed by atoms with Crippen molar-refractivity contribution < 1.29 is 4.79 Å². The Morgan fingerprint density at radius 3 is 2.87 bits per heavy atom. The molecular formula is C11H11N3O. The molecule has 0 aliphatic rings. The predicted molar refractivity (Wildman–Crippen MR) is 56.4 cm³/mol. The summed E-state index contributed by atoms with van der Waals surface area (Å²) in [5, 5.41) is 6.58. The van der Waals surface area contributed by atoms with Crippen molar-refractivity contribution in [1.29, 1.82) is 0 Å². The van der Waals surface area contributed by atoms with Crippen molar-refractivity contribution in [1.82, 2.24) is 10.2 Å². The Kier molecular flexibility index (Phi) is 2.49. The number of H-pyrrole nitrogens is 1. The maximum atomic E-state index is 11.1. The number of aromatic nitrogens is 2. The number of hydrogen-bond donors (Lipinski definition) is 2. The van der Waals surface area contributed by atoms with E-state index in [4.69, 9.17) is 5.73 Å². The summed E-state index contributed by atoms with van der Waals surface area (Å²) >= 11 is 0. The van der Waals surface area contributed by atoms with E-state index in [1.54, 1.807) is 24.5 Å². The van der Waals surface area contributed by atoms with E-state index in [0.717, 1.165) is 11.1 Å². The molecule has 0 bridgehead atoms. The molecule has 1 amide bonds. The topological polar surface area (TPSA) is 71.8 Å². The van der Waals surface area contributed by atoms with Crippen LogP contribution in [0.2, 0.25) is 0 Å². The molecule has 76 valence electrons. The molecule has 1 aromatic carbocycles. The highest BCUT2D eigenvalue weighted by Crippen LogP contribution is 2.12. The van der Waals surface area contributed by atoms with Crippen molar-refractivity contribution >= 4 is 5.91 Å². The zero-order chi connectivity index (χ0) is 10.7. The standard InChI is InChI=1S/C11H11N3O/c12-11(15)10-4-2-1-3-9(10)5-8-6-13-14-7-8/h1-4,6-7H,5H2,(H2,12,15)(H,13,14). The second-order valence-electron chi connectivity index (χ2n) is 3.30. The zero-order valence-electron chi connectivity index (χ0n) is 8.10. The van der Waals surface area contributed by atoms with Gasteiger partial charge in [-0.3, -0.25) is 9.89 Å². The molecule has 0 atom stereocenters. The molecule has 0 unspecified atom stereocenters. The maximum absolute atomic E-state index is 11.1. The highest BCUT2D eigenvalue weighted by Gasteiger charge is 2.07. The first-order valence-electron chi connectivity index (χ1n) is 4.63. The fraction of sp³-hybridized carbons (Fsp3) is 0.0909. The number of rotatable bonds is 3. The number of carbonyl (C=O) groups excluding carboxylic acids is 1. The van der Waals surface area contributed by atoms with E-state index in [0.29, 0.717) is 12.0 Å². The third-order valence-corrected chi connectivity index (χ3v) is 2.23. The van der Waals surface area contributed by atoms with Crippen molar-refractivity contribution in [3.63, 3.8) is 0 Å². The highest BCUT2D eigenvalue weighted by molar-refractivity contribution is 5.94. The van der Waals surface area contributed by atoms with Crippen molar-refractivity contribution in [3.8, 4) is 0 Å². The van der Waals surface area contributed by atoms with Crippen LogP contribution in [0.1, 0.15) is 21.5 Å². The largest absolute Gasteiger partial charge is 0.366 e. The van der Waals surface area contributed by atoms with Gasteiger partial charge in [0, 0.05) is 18.2 Å². The lowest BCUT2D eigenvalue weighted by Crippen LogP contribution is -2.13. The number of nitrogens with zero attached hydrogens (tertiary/aromatic N) is 1. The summed E-state index contributed by atoms with van der Waals surface area (Å²) in [6.45, 7) is 0. The first-order valence-corrected chi connectivity index (χ1v) is 4.63. The van der Waals surface area contributed by atoms with E-state index < -0.39 is 5.91 Å². The molecule has 0 fully saturated rings. The number of aromatic amines is 1. The number of carbonyl (C=O) groups is 1. The van der Waals surface area contributed by atoms with Crippen molar-refractivity contribution in [2.24, 2.45) is 5.73 Å². The number of hydrogen-bond acceptors (Lipinski definition) is 2. The van der Waals surface area contributed by atoms with Crippen LogP contribution in [0.25, 0.3) is 0 Å². The molecule has 1 aromatic heterocycles. The lowest BCUT2D eigenvalue weighted by Gasteiger charge is -2.04. The third kappa shape index (κ3) is 2.04. The van der Waals surface area contributed by atoms with Crippen LogP contribution < -0.4 is 5.73 Å². The average molecular weight is 201 g/mol. The van der Waals surface area contributed by atoms with Crippen LogP contribution in [0.3, 0.4) is 0 Å².